The predicted octanol–water partition coefficient (Wildman–Crippen LogP) is 4.89. The molecule has 25 heavy (non-hydrogen) atoms. The number of methoxy groups -OCH3 is 2. The molecule has 1 fully saturated rings. The molecule has 1 atom stereocenters. The Bertz CT molecular complexity index is 752. The summed E-state index contributed by atoms with van der Waals surface area (Å²) in [7, 11) is 3.34. The molecule has 0 aromatic heterocycles. The summed E-state index contributed by atoms with van der Waals surface area (Å²) in [4.78, 5) is 2.22. The van der Waals surface area contributed by atoms with Gasteiger partial charge in [-0.2, -0.15) is 0 Å². The van der Waals surface area contributed by atoms with Crippen LogP contribution in [-0.2, 0) is 0 Å². The lowest BCUT2D eigenvalue weighted by molar-refractivity contribution is 0.362. The van der Waals surface area contributed by atoms with Gasteiger partial charge in [0, 0.05) is 28.9 Å². The molecule has 0 amide bonds. The third-order valence-corrected chi connectivity index (χ3v) is 5.00. The molecule has 1 heterocycles. The zero-order valence-electron chi connectivity index (χ0n) is 14.3. The van der Waals surface area contributed by atoms with Gasteiger partial charge in [0.15, 0.2) is 5.11 Å². The van der Waals surface area contributed by atoms with Crippen molar-refractivity contribution in [2.75, 3.05) is 26.1 Å². The van der Waals surface area contributed by atoms with E-state index in [1.807, 2.05) is 36.4 Å². The van der Waals surface area contributed by atoms with Gasteiger partial charge in [0.2, 0.25) is 0 Å². The molecule has 0 radical (unpaired) electrons. The molecule has 1 aliphatic rings. The van der Waals surface area contributed by atoms with Crippen LogP contribution in [0.15, 0.2) is 42.5 Å². The van der Waals surface area contributed by atoms with Crippen LogP contribution in [0.1, 0.15) is 24.4 Å². The smallest absolute Gasteiger partial charge is 0.173 e. The molecule has 0 saturated carbocycles. The van der Waals surface area contributed by atoms with E-state index in [0.717, 1.165) is 42.1 Å². The SMILES string of the molecule is COc1ccc([C@H]2CCCN2C(=S)Nc2ccc(Cl)cc2)c(OC)c1. The first-order chi connectivity index (χ1) is 12.1. The molecule has 0 aliphatic carbocycles. The van der Waals surface area contributed by atoms with Crippen molar-refractivity contribution >= 4 is 34.6 Å². The number of hydrogen-bond donors (Lipinski definition) is 1. The summed E-state index contributed by atoms with van der Waals surface area (Å²) in [5.74, 6) is 1.61. The first-order valence-electron chi connectivity index (χ1n) is 8.17. The topological polar surface area (TPSA) is 33.7 Å². The van der Waals surface area contributed by atoms with Crippen LogP contribution >= 0.6 is 23.8 Å². The fraction of sp³-hybridized carbons (Fsp3) is 0.316. The Labute approximate surface area is 158 Å². The van der Waals surface area contributed by atoms with Gasteiger partial charge in [0.1, 0.15) is 11.5 Å². The van der Waals surface area contributed by atoms with Crippen molar-refractivity contribution in [1.29, 1.82) is 0 Å². The highest BCUT2D eigenvalue weighted by molar-refractivity contribution is 7.80. The molecule has 6 heteroatoms. The first-order valence-corrected chi connectivity index (χ1v) is 8.96. The van der Waals surface area contributed by atoms with Crippen molar-refractivity contribution in [3.63, 3.8) is 0 Å². The summed E-state index contributed by atoms with van der Waals surface area (Å²) in [6.45, 7) is 0.916. The minimum absolute atomic E-state index is 0.188. The highest BCUT2D eigenvalue weighted by Crippen LogP contribution is 2.39. The van der Waals surface area contributed by atoms with Gasteiger partial charge in [-0.3, -0.25) is 0 Å². The number of benzene rings is 2. The maximum absolute atomic E-state index is 5.94. The van der Waals surface area contributed by atoms with E-state index in [2.05, 4.69) is 16.3 Å². The summed E-state index contributed by atoms with van der Waals surface area (Å²) in [5, 5.41) is 4.72. The van der Waals surface area contributed by atoms with Crippen LogP contribution in [0.25, 0.3) is 0 Å². The molecular weight excluding hydrogens is 356 g/mol. The molecule has 2 aromatic carbocycles. The van der Waals surface area contributed by atoms with Crippen LogP contribution in [-0.4, -0.2) is 30.8 Å². The lowest BCUT2D eigenvalue weighted by atomic mass is 10.0. The quantitative estimate of drug-likeness (QED) is 0.768. The standard InChI is InChI=1S/C19H21ClN2O2S/c1-23-15-9-10-16(18(12-15)24-2)17-4-3-11-22(17)19(25)21-14-7-5-13(20)6-8-14/h5-10,12,17H,3-4,11H2,1-2H3,(H,21,25)/t17-/m1/s1. The van der Waals surface area contributed by atoms with Crippen molar-refractivity contribution in [3.8, 4) is 11.5 Å². The second-order valence-electron chi connectivity index (χ2n) is 5.90. The minimum atomic E-state index is 0.188. The second kappa shape index (κ2) is 7.93. The number of ether oxygens (including phenoxy) is 2. The van der Waals surface area contributed by atoms with Gasteiger partial charge in [0.05, 0.1) is 20.3 Å². The molecule has 3 rings (SSSR count). The molecule has 4 nitrogen and oxygen atoms in total. The van der Waals surface area contributed by atoms with E-state index < -0.39 is 0 Å². The summed E-state index contributed by atoms with van der Waals surface area (Å²) < 4.78 is 10.9. The summed E-state index contributed by atoms with van der Waals surface area (Å²) in [6, 6.07) is 13.7. The fourth-order valence-electron chi connectivity index (χ4n) is 3.16. The van der Waals surface area contributed by atoms with Crippen molar-refractivity contribution in [2.24, 2.45) is 0 Å². The normalized spacial score (nSPS) is 16.6. The van der Waals surface area contributed by atoms with E-state index in [0.29, 0.717) is 10.1 Å². The Morgan fingerprint density at radius 2 is 1.92 bits per heavy atom. The van der Waals surface area contributed by atoms with Gasteiger partial charge in [-0.25, -0.2) is 0 Å². The number of halogens is 1. The largest absolute Gasteiger partial charge is 0.497 e. The minimum Gasteiger partial charge on any atom is -0.497 e. The predicted molar refractivity (Wildman–Crippen MR) is 106 cm³/mol. The summed E-state index contributed by atoms with van der Waals surface area (Å²) in [5.41, 5.74) is 2.06. The molecule has 0 unspecified atom stereocenters. The number of rotatable bonds is 4. The van der Waals surface area contributed by atoms with Gasteiger partial charge in [0.25, 0.3) is 0 Å². The van der Waals surface area contributed by atoms with Gasteiger partial charge in [-0.15, -0.1) is 0 Å². The summed E-state index contributed by atoms with van der Waals surface area (Å²) >= 11 is 11.6. The lowest BCUT2D eigenvalue weighted by Crippen LogP contribution is -2.34. The van der Waals surface area contributed by atoms with Crippen molar-refractivity contribution < 1.29 is 9.47 Å². The third kappa shape index (κ3) is 3.99. The molecule has 132 valence electrons. The van der Waals surface area contributed by atoms with Crippen molar-refractivity contribution in [2.45, 2.75) is 18.9 Å². The van der Waals surface area contributed by atoms with Crippen molar-refractivity contribution in [1.82, 2.24) is 4.90 Å². The van der Waals surface area contributed by atoms with E-state index in [9.17, 15) is 0 Å². The highest BCUT2D eigenvalue weighted by atomic mass is 35.5. The number of likely N-dealkylation sites (tertiary alicyclic amines) is 1. The van der Waals surface area contributed by atoms with Crippen LogP contribution in [0.3, 0.4) is 0 Å². The average Bonchev–Trinajstić information content (AvgIpc) is 3.12. The molecule has 0 bridgehead atoms. The Hall–Kier alpha value is -1.98. The monoisotopic (exact) mass is 376 g/mol. The van der Waals surface area contributed by atoms with E-state index in [1.54, 1.807) is 14.2 Å². The number of hydrogen-bond acceptors (Lipinski definition) is 3. The Kier molecular flexibility index (Phi) is 5.66. The van der Waals surface area contributed by atoms with Crippen LogP contribution in [0.2, 0.25) is 5.02 Å². The average molecular weight is 377 g/mol. The van der Waals surface area contributed by atoms with Crippen LogP contribution < -0.4 is 14.8 Å². The van der Waals surface area contributed by atoms with E-state index >= 15 is 0 Å². The van der Waals surface area contributed by atoms with Gasteiger partial charge in [-0.05, 0) is 61.5 Å². The molecule has 2 aromatic rings. The summed E-state index contributed by atoms with van der Waals surface area (Å²) in [6.07, 6.45) is 2.12. The van der Waals surface area contributed by atoms with E-state index in [1.165, 1.54) is 0 Å². The van der Waals surface area contributed by atoms with Gasteiger partial charge < -0.3 is 19.7 Å². The van der Waals surface area contributed by atoms with Crippen LogP contribution in [0.5, 0.6) is 11.5 Å². The Morgan fingerprint density at radius 3 is 2.60 bits per heavy atom. The molecule has 1 saturated heterocycles. The van der Waals surface area contributed by atoms with Crippen LogP contribution in [0.4, 0.5) is 5.69 Å². The maximum Gasteiger partial charge on any atom is 0.173 e. The zero-order chi connectivity index (χ0) is 17.8. The lowest BCUT2D eigenvalue weighted by Gasteiger charge is -2.29. The number of anilines is 1. The maximum atomic E-state index is 5.94. The molecule has 1 aliphatic heterocycles. The zero-order valence-corrected chi connectivity index (χ0v) is 15.9. The molecule has 0 spiro atoms. The number of thiocarbonyl (C=S) groups is 1. The van der Waals surface area contributed by atoms with Crippen LogP contribution in [0, 0.1) is 0 Å². The first kappa shape index (κ1) is 17.8. The number of nitrogens with zero attached hydrogens (tertiary/aromatic N) is 1. The highest BCUT2D eigenvalue weighted by Gasteiger charge is 2.30. The molecular formula is C19H21ClN2O2S. The van der Waals surface area contributed by atoms with Crippen molar-refractivity contribution in [3.05, 3.63) is 53.1 Å². The number of nitrogens with one attached hydrogen (secondary N) is 1. The van der Waals surface area contributed by atoms with Gasteiger partial charge >= 0.3 is 0 Å². The second-order valence-corrected chi connectivity index (χ2v) is 6.72. The van der Waals surface area contributed by atoms with Gasteiger partial charge in [-0.1, -0.05) is 11.6 Å². The fourth-order valence-corrected chi connectivity index (χ4v) is 3.62. The third-order valence-electron chi connectivity index (χ3n) is 4.41. The Balaban J connectivity index is 1.80. The van der Waals surface area contributed by atoms with E-state index in [-0.39, 0.29) is 6.04 Å². The molecule has 1 N–H and O–H groups in total. The Morgan fingerprint density at radius 1 is 1.16 bits per heavy atom. The van der Waals surface area contributed by atoms with E-state index in [4.69, 9.17) is 33.3 Å².